The van der Waals surface area contributed by atoms with Crippen molar-refractivity contribution in [2.45, 2.75) is 0 Å². The van der Waals surface area contributed by atoms with Crippen LogP contribution in [0.2, 0.25) is 0 Å². The molecule has 4 heteroatoms. The molecule has 0 radical (unpaired) electrons. The fourth-order valence-corrected chi connectivity index (χ4v) is 1.08. The van der Waals surface area contributed by atoms with Gasteiger partial charge in [-0.15, -0.1) is 0 Å². The number of aromatic hydroxyl groups is 2. The lowest BCUT2D eigenvalue weighted by Crippen LogP contribution is -1.78. The highest BCUT2D eigenvalue weighted by molar-refractivity contribution is 5.56. The van der Waals surface area contributed by atoms with E-state index in [9.17, 15) is 0 Å². The SMILES string of the molecule is Oc1ccc(-c2ncc(O)[nH]2)cc1. The van der Waals surface area contributed by atoms with Crippen LogP contribution >= 0.6 is 0 Å². The number of benzene rings is 1. The van der Waals surface area contributed by atoms with Crippen molar-refractivity contribution < 1.29 is 10.2 Å². The molecular weight excluding hydrogens is 168 g/mol. The molecule has 1 heterocycles. The van der Waals surface area contributed by atoms with Gasteiger partial charge in [-0.3, -0.25) is 0 Å². The van der Waals surface area contributed by atoms with Crippen LogP contribution in [0.4, 0.5) is 0 Å². The third kappa shape index (κ3) is 1.46. The van der Waals surface area contributed by atoms with Crippen LogP contribution in [0, 0.1) is 0 Å². The smallest absolute Gasteiger partial charge is 0.208 e. The molecule has 2 aromatic rings. The van der Waals surface area contributed by atoms with Crippen LogP contribution in [0.3, 0.4) is 0 Å². The van der Waals surface area contributed by atoms with Gasteiger partial charge in [0.05, 0.1) is 6.20 Å². The number of hydrogen-bond acceptors (Lipinski definition) is 3. The number of H-pyrrole nitrogens is 1. The average Bonchev–Trinajstić information content (AvgIpc) is 2.53. The summed E-state index contributed by atoms with van der Waals surface area (Å²) in [6.45, 7) is 0. The minimum atomic E-state index is 0.0306. The molecule has 0 unspecified atom stereocenters. The highest BCUT2D eigenvalue weighted by Crippen LogP contribution is 2.20. The molecular formula is C9H8N2O2. The van der Waals surface area contributed by atoms with Gasteiger partial charge in [0.15, 0.2) is 0 Å². The minimum absolute atomic E-state index is 0.0306. The van der Waals surface area contributed by atoms with Crippen LogP contribution in [0.1, 0.15) is 0 Å². The third-order valence-electron chi connectivity index (χ3n) is 1.70. The molecule has 0 aliphatic heterocycles. The number of aromatic nitrogens is 2. The molecule has 0 aliphatic rings. The third-order valence-corrected chi connectivity index (χ3v) is 1.70. The van der Waals surface area contributed by atoms with Crippen molar-refractivity contribution in [3.8, 4) is 23.0 Å². The van der Waals surface area contributed by atoms with Crippen molar-refractivity contribution in [1.82, 2.24) is 9.97 Å². The molecule has 0 amide bonds. The summed E-state index contributed by atoms with van der Waals surface area (Å²) in [5, 5.41) is 18.0. The topological polar surface area (TPSA) is 69.1 Å². The number of imidazole rings is 1. The van der Waals surface area contributed by atoms with Gasteiger partial charge in [-0.1, -0.05) is 0 Å². The quantitative estimate of drug-likeness (QED) is 0.616. The van der Waals surface area contributed by atoms with Crippen LogP contribution < -0.4 is 0 Å². The van der Waals surface area contributed by atoms with Gasteiger partial charge in [0, 0.05) is 5.56 Å². The molecule has 0 fully saturated rings. The van der Waals surface area contributed by atoms with E-state index in [2.05, 4.69) is 9.97 Å². The van der Waals surface area contributed by atoms with Gasteiger partial charge in [0.1, 0.15) is 11.6 Å². The van der Waals surface area contributed by atoms with Crippen molar-refractivity contribution in [1.29, 1.82) is 0 Å². The van der Waals surface area contributed by atoms with Crippen molar-refractivity contribution in [3.05, 3.63) is 30.5 Å². The van der Waals surface area contributed by atoms with E-state index in [0.29, 0.717) is 5.82 Å². The second-order valence-electron chi connectivity index (χ2n) is 2.66. The zero-order valence-corrected chi connectivity index (χ0v) is 6.73. The summed E-state index contributed by atoms with van der Waals surface area (Å²) in [7, 11) is 0. The Kier molecular flexibility index (Phi) is 1.66. The van der Waals surface area contributed by atoms with Crippen LogP contribution in [0.5, 0.6) is 11.6 Å². The van der Waals surface area contributed by atoms with E-state index in [4.69, 9.17) is 10.2 Å². The van der Waals surface area contributed by atoms with Crippen molar-refractivity contribution in [2.75, 3.05) is 0 Å². The van der Waals surface area contributed by atoms with Crippen LogP contribution in [-0.4, -0.2) is 20.2 Å². The highest BCUT2D eigenvalue weighted by Gasteiger charge is 2.01. The molecule has 0 saturated carbocycles. The largest absolute Gasteiger partial charge is 0.508 e. The molecule has 0 atom stereocenters. The summed E-state index contributed by atoms with van der Waals surface area (Å²) in [5.74, 6) is 0.820. The van der Waals surface area contributed by atoms with E-state index in [1.54, 1.807) is 24.3 Å². The fourth-order valence-electron chi connectivity index (χ4n) is 1.08. The van der Waals surface area contributed by atoms with Gasteiger partial charge >= 0.3 is 0 Å². The Bertz CT molecular complexity index is 406. The zero-order chi connectivity index (χ0) is 9.26. The molecule has 4 nitrogen and oxygen atoms in total. The Morgan fingerprint density at radius 1 is 1.08 bits per heavy atom. The molecule has 13 heavy (non-hydrogen) atoms. The van der Waals surface area contributed by atoms with Gasteiger partial charge < -0.3 is 15.2 Å². The Morgan fingerprint density at radius 3 is 2.31 bits per heavy atom. The first-order chi connectivity index (χ1) is 6.25. The number of rotatable bonds is 1. The maximum atomic E-state index is 9.03. The summed E-state index contributed by atoms with van der Waals surface area (Å²) in [4.78, 5) is 6.60. The van der Waals surface area contributed by atoms with Gasteiger partial charge in [-0.25, -0.2) is 4.98 Å². The number of phenolic OH excluding ortho intramolecular Hbond substituents is 1. The molecule has 0 spiro atoms. The van der Waals surface area contributed by atoms with Crippen molar-refractivity contribution in [3.63, 3.8) is 0 Å². The number of nitrogens with one attached hydrogen (secondary N) is 1. The van der Waals surface area contributed by atoms with Crippen LogP contribution in [0.25, 0.3) is 11.4 Å². The van der Waals surface area contributed by atoms with E-state index in [0.717, 1.165) is 5.56 Å². The van der Waals surface area contributed by atoms with Gasteiger partial charge in [0.25, 0.3) is 0 Å². The Labute approximate surface area is 74.5 Å². The lowest BCUT2D eigenvalue weighted by molar-refractivity contribution is 0.457. The number of hydrogen-bond donors (Lipinski definition) is 3. The molecule has 0 saturated heterocycles. The second kappa shape index (κ2) is 2.82. The summed E-state index contributed by atoms with van der Waals surface area (Å²) >= 11 is 0. The molecule has 66 valence electrons. The maximum absolute atomic E-state index is 9.03. The number of phenols is 1. The van der Waals surface area contributed by atoms with Crippen LogP contribution in [-0.2, 0) is 0 Å². The molecule has 1 aromatic carbocycles. The molecule has 3 N–H and O–H groups in total. The second-order valence-corrected chi connectivity index (χ2v) is 2.66. The number of aromatic amines is 1. The summed E-state index contributed by atoms with van der Waals surface area (Å²) < 4.78 is 0. The molecule has 2 rings (SSSR count). The lowest BCUT2D eigenvalue weighted by atomic mass is 10.2. The van der Waals surface area contributed by atoms with E-state index in [1.165, 1.54) is 6.20 Å². The normalized spacial score (nSPS) is 10.2. The summed E-state index contributed by atoms with van der Waals surface area (Å²) in [5.41, 5.74) is 0.818. The highest BCUT2D eigenvalue weighted by atomic mass is 16.3. The standard InChI is InChI=1S/C9H8N2O2/c12-7-3-1-6(2-4-7)9-10-5-8(13)11-9/h1-5,12-13H,(H,10,11). The Morgan fingerprint density at radius 2 is 1.77 bits per heavy atom. The first-order valence-corrected chi connectivity index (χ1v) is 3.79. The van der Waals surface area contributed by atoms with Crippen LogP contribution in [0.15, 0.2) is 30.5 Å². The molecule has 0 bridgehead atoms. The fraction of sp³-hybridized carbons (Fsp3) is 0. The van der Waals surface area contributed by atoms with Crippen molar-refractivity contribution in [2.24, 2.45) is 0 Å². The predicted octanol–water partition coefficient (Wildman–Crippen LogP) is 1.49. The first kappa shape index (κ1) is 7.67. The van der Waals surface area contributed by atoms with Gasteiger partial charge in [0.2, 0.25) is 5.88 Å². The first-order valence-electron chi connectivity index (χ1n) is 3.79. The molecule has 0 aliphatic carbocycles. The Hall–Kier alpha value is -1.97. The van der Waals surface area contributed by atoms with E-state index in [1.807, 2.05) is 0 Å². The van der Waals surface area contributed by atoms with E-state index >= 15 is 0 Å². The monoisotopic (exact) mass is 176 g/mol. The average molecular weight is 176 g/mol. The summed E-state index contributed by atoms with van der Waals surface area (Å²) in [6.07, 6.45) is 1.34. The van der Waals surface area contributed by atoms with E-state index < -0.39 is 0 Å². The summed E-state index contributed by atoms with van der Waals surface area (Å²) in [6, 6.07) is 6.56. The Balaban J connectivity index is 2.41. The predicted molar refractivity (Wildman–Crippen MR) is 47.4 cm³/mol. The lowest BCUT2D eigenvalue weighted by Gasteiger charge is -1.95. The van der Waals surface area contributed by atoms with Gasteiger partial charge in [-0.2, -0.15) is 0 Å². The van der Waals surface area contributed by atoms with Crippen molar-refractivity contribution >= 4 is 0 Å². The molecule has 1 aromatic heterocycles. The van der Waals surface area contributed by atoms with E-state index in [-0.39, 0.29) is 11.6 Å². The maximum Gasteiger partial charge on any atom is 0.208 e. The minimum Gasteiger partial charge on any atom is -0.508 e. The number of nitrogens with zero attached hydrogens (tertiary/aromatic N) is 1. The van der Waals surface area contributed by atoms with Gasteiger partial charge in [-0.05, 0) is 24.3 Å². The zero-order valence-electron chi connectivity index (χ0n) is 6.73.